The molecule has 6 heteroatoms. The first-order valence-electron chi connectivity index (χ1n) is 8.53. The monoisotopic (exact) mass is 319 g/mol. The highest BCUT2D eigenvalue weighted by atomic mass is 16.2. The summed E-state index contributed by atoms with van der Waals surface area (Å²) in [5.74, 6) is 2.15. The molecule has 2 rings (SSSR count). The van der Waals surface area contributed by atoms with Crippen LogP contribution < -0.4 is 9.80 Å². The molecule has 0 radical (unpaired) electrons. The van der Waals surface area contributed by atoms with Crippen molar-refractivity contribution in [2.75, 3.05) is 50.1 Å². The predicted molar refractivity (Wildman–Crippen MR) is 94.0 cm³/mol. The summed E-state index contributed by atoms with van der Waals surface area (Å²) in [6.45, 7) is 9.26. The summed E-state index contributed by atoms with van der Waals surface area (Å²) in [5, 5.41) is 0. The van der Waals surface area contributed by atoms with Gasteiger partial charge in [0.05, 0.1) is 0 Å². The molecule has 0 atom stereocenters. The van der Waals surface area contributed by atoms with Gasteiger partial charge in [-0.15, -0.1) is 0 Å². The molecule has 1 aliphatic heterocycles. The van der Waals surface area contributed by atoms with Crippen molar-refractivity contribution >= 4 is 17.7 Å². The van der Waals surface area contributed by atoms with Gasteiger partial charge in [-0.05, 0) is 19.8 Å². The van der Waals surface area contributed by atoms with Gasteiger partial charge in [0.25, 0.3) is 0 Å². The molecule has 2 heterocycles. The lowest BCUT2D eigenvalue weighted by Gasteiger charge is -2.36. The van der Waals surface area contributed by atoms with Crippen molar-refractivity contribution in [1.82, 2.24) is 14.9 Å². The second-order valence-corrected chi connectivity index (χ2v) is 6.39. The van der Waals surface area contributed by atoms with Crippen molar-refractivity contribution in [2.45, 2.75) is 33.6 Å². The highest BCUT2D eigenvalue weighted by molar-refractivity contribution is 5.79. The van der Waals surface area contributed by atoms with Crippen LogP contribution in [0.25, 0.3) is 0 Å². The van der Waals surface area contributed by atoms with Crippen LogP contribution >= 0.6 is 0 Å². The molecule has 0 bridgehead atoms. The number of anilines is 2. The zero-order valence-corrected chi connectivity index (χ0v) is 15.0. The molecule has 0 N–H and O–H groups in total. The largest absolute Gasteiger partial charge is 0.363 e. The summed E-state index contributed by atoms with van der Waals surface area (Å²) in [6.07, 6.45) is 1.84. The molecule has 0 unspecified atom stereocenters. The van der Waals surface area contributed by atoms with Gasteiger partial charge in [0.2, 0.25) is 11.9 Å². The Morgan fingerprint density at radius 2 is 1.78 bits per heavy atom. The van der Waals surface area contributed by atoms with Crippen LogP contribution in [0.5, 0.6) is 0 Å². The maximum Gasteiger partial charge on any atom is 0.227 e. The number of aryl methyl sites for hydroxylation is 1. The van der Waals surface area contributed by atoms with Gasteiger partial charge in [-0.25, -0.2) is 4.98 Å². The maximum absolute atomic E-state index is 12.5. The molecule has 0 saturated carbocycles. The van der Waals surface area contributed by atoms with E-state index in [1.54, 1.807) is 0 Å². The Kier molecular flexibility index (Phi) is 5.80. The Morgan fingerprint density at radius 3 is 2.30 bits per heavy atom. The van der Waals surface area contributed by atoms with Crippen LogP contribution in [-0.2, 0) is 4.79 Å². The highest BCUT2D eigenvalue weighted by Gasteiger charge is 2.26. The average Bonchev–Trinajstić information content (AvgIpc) is 2.55. The van der Waals surface area contributed by atoms with Gasteiger partial charge in [-0.2, -0.15) is 4.98 Å². The van der Waals surface area contributed by atoms with E-state index in [-0.39, 0.29) is 5.92 Å². The molecule has 23 heavy (non-hydrogen) atoms. The van der Waals surface area contributed by atoms with Crippen molar-refractivity contribution in [3.63, 3.8) is 0 Å². The van der Waals surface area contributed by atoms with E-state index in [9.17, 15) is 4.79 Å². The lowest BCUT2D eigenvalue weighted by Crippen LogP contribution is -2.50. The number of carbonyl (C=O) groups is 1. The lowest BCUT2D eigenvalue weighted by atomic mass is 10.0. The van der Waals surface area contributed by atoms with Gasteiger partial charge < -0.3 is 14.7 Å². The molecule has 0 aliphatic carbocycles. The fourth-order valence-corrected chi connectivity index (χ4v) is 2.93. The van der Waals surface area contributed by atoms with Crippen LogP contribution in [-0.4, -0.2) is 61.0 Å². The van der Waals surface area contributed by atoms with Gasteiger partial charge in [-0.1, -0.05) is 13.8 Å². The summed E-state index contributed by atoms with van der Waals surface area (Å²) in [6, 6.07) is 1.98. The molecule has 1 aliphatic rings. The fourth-order valence-electron chi connectivity index (χ4n) is 2.93. The second-order valence-electron chi connectivity index (χ2n) is 6.39. The molecule has 1 amide bonds. The molecule has 1 aromatic rings. The summed E-state index contributed by atoms with van der Waals surface area (Å²) in [5.41, 5.74) is 0.967. The van der Waals surface area contributed by atoms with Gasteiger partial charge >= 0.3 is 0 Å². The number of amides is 1. The molecular weight excluding hydrogens is 290 g/mol. The van der Waals surface area contributed by atoms with E-state index in [1.165, 1.54) is 0 Å². The SMILES string of the molecule is CCC(CC)C(=O)N1CCN(c2nc(C)cc(N(C)C)n2)CC1. The normalized spacial score (nSPS) is 15.2. The number of nitrogens with zero attached hydrogens (tertiary/aromatic N) is 5. The zero-order valence-electron chi connectivity index (χ0n) is 15.0. The summed E-state index contributed by atoms with van der Waals surface area (Å²) in [7, 11) is 3.97. The molecule has 6 nitrogen and oxygen atoms in total. The Labute approximate surface area is 139 Å². The van der Waals surface area contributed by atoms with Crippen molar-refractivity contribution in [3.05, 3.63) is 11.8 Å². The Morgan fingerprint density at radius 1 is 1.17 bits per heavy atom. The van der Waals surface area contributed by atoms with Crippen molar-refractivity contribution in [2.24, 2.45) is 5.92 Å². The first-order chi connectivity index (χ1) is 11.0. The van der Waals surface area contributed by atoms with E-state index in [0.717, 1.165) is 56.5 Å². The average molecular weight is 319 g/mol. The predicted octanol–water partition coefficient (Wildman–Crippen LogP) is 1.94. The van der Waals surface area contributed by atoms with Crippen LogP contribution in [0.3, 0.4) is 0 Å². The minimum Gasteiger partial charge on any atom is -0.363 e. The van der Waals surface area contributed by atoms with Crippen LogP contribution in [0, 0.1) is 12.8 Å². The standard InChI is InChI=1S/C17H29N5O/c1-6-14(7-2)16(23)21-8-10-22(11-9-21)17-18-13(3)12-15(19-17)20(4)5/h12,14H,6-11H2,1-5H3. The van der Waals surface area contributed by atoms with E-state index < -0.39 is 0 Å². The number of carbonyl (C=O) groups excluding carboxylic acids is 1. The number of rotatable bonds is 5. The van der Waals surface area contributed by atoms with Crippen LogP contribution in [0.1, 0.15) is 32.4 Å². The Bertz CT molecular complexity index is 534. The minimum atomic E-state index is 0.164. The fraction of sp³-hybridized carbons (Fsp3) is 0.706. The molecule has 128 valence electrons. The molecule has 0 aromatic carbocycles. The smallest absolute Gasteiger partial charge is 0.227 e. The quantitative estimate of drug-likeness (QED) is 0.830. The summed E-state index contributed by atoms with van der Waals surface area (Å²) < 4.78 is 0. The van der Waals surface area contributed by atoms with Gasteiger partial charge in [0, 0.05) is 58.0 Å². The number of piperazine rings is 1. The lowest BCUT2D eigenvalue weighted by molar-refractivity contribution is -0.136. The second kappa shape index (κ2) is 7.62. The highest BCUT2D eigenvalue weighted by Crippen LogP contribution is 2.19. The van der Waals surface area contributed by atoms with E-state index in [4.69, 9.17) is 0 Å². The molecular formula is C17H29N5O. The summed E-state index contributed by atoms with van der Waals surface area (Å²) >= 11 is 0. The summed E-state index contributed by atoms with van der Waals surface area (Å²) in [4.78, 5) is 27.8. The molecule has 1 saturated heterocycles. The third-order valence-electron chi connectivity index (χ3n) is 4.50. The van der Waals surface area contributed by atoms with Crippen LogP contribution in [0.2, 0.25) is 0 Å². The van der Waals surface area contributed by atoms with E-state index in [0.29, 0.717) is 5.91 Å². The Balaban J connectivity index is 2.03. The first kappa shape index (κ1) is 17.5. The third-order valence-corrected chi connectivity index (χ3v) is 4.50. The van der Waals surface area contributed by atoms with Gasteiger partial charge in [0.15, 0.2) is 0 Å². The van der Waals surface area contributed by atoms with E-state index >= 15 is 0 Å². The van der Waals surface area contributed by atoms with Gasteiger partial charge in [0.1, 0.15) is 5.82 Å². The van der Waals surface area contributed by atoms with Gasteiger partial charge in [-0.3, -0.25) is 4.79 Å². The minimum absolute atomic E-state index is 0.164. The topological polar surface area (TPSA) is 52.6 Å². The Hall–Kier alpha value is -1.85. The van der Waals surface area contributed by atoms with Crippen LogP contribution in [0.4, 0.5) is 11.8 Å². The molecule has 1 fully saturated rings. The number of hydrogen-bond acceptors (Lipinski definition) is 5. The van der Waals surface area contributed by atoms with E-state index in [2.05, 4.69) is 28.7 Å². The number of hydrogen-bond donors (Lipinski definition) is 0. The molecule has 1 aromatic heterocycles. The van der Waals surface area contributed by atoms with Crippen molar-refractivity contribution in [3.8, 4) is 0 Å². The van der Waals surface area contributed by atoms with Crippen molar-refractivity contribution in [1.29, 1.82) is 0 Å². The van der Waals surface area contributed by atoms with E-state index in [1.807, 2.05) is 36.9 Å². The van der Waals surface area contributed by atoms with Crippen LogP contribution in [0.15, 0.2) is 6.07 Å². The van der Waals surface area contributed by atoms with Crippen molar-refractivity contribution < 1.29 is 4.79 Å². The number of aromatic nitrogens is 2. The zero-order chi connectivity index (χ0) is 17.0. The maximum atomic E-state index is 12.5. The molecule has 0 spiro atoms. The third kappa shape index (κ3) is 4.12. The first-order valence-corrected chi connectivity index (χ1v) is 8.53.